The lowest BCUT2D eigenvalue weighted by Gasteiger charge is -2.12. The molecule has 28 heavy (non-hydrogen) atoms. The quantitative estimate of drug-likeness (QED) is 0.722. The van der Waals surface area contributed by atoms with E-state index < -0.39 is 6.03 Å². The number of aromatic amines is 1. The van der Waals surface area contributed by atoms with E-state index in [4.69, 9.17) is 10.5 Å². The van der Waals surface area contributed by atoms with Gasteiger partial charge in [-0.05, 0) is 30.3 Å². The number of aliphatic imine (C=N–C) groups is 1. The van der Waals surface area contributed by atoms with Gasteiger partial charge in [-0.25, -0.2) is 18.9 Å². The van der Waals surface area contributed by atoms with Crippen LogP contribution in [-0.4, -0.2) is 50.9 Å². The van der Waals surface area contributed by atoms with Gasteiger partial charge in [0, 0.05) is 30.7 Å². The number of nitrogens with one attached hydrogen (secondary N) is 1. The largest absolute Gasteiger partial charge is 0.496 e. The molecule has 9 nitrogen and oxygen atoms in total. The number of amides is 2. The Morgan fingerprint density at radius 3 is 2.86 bits per heavy atom. The fourth-order valence-corrected chi connectivity index (χ4v) is 2.47. The Hall–Kier alpha value is -3.95. The minimum Gasteiger partial charge on any atom is -0.496 e. The molecule has 0 unspecified atom stereocenters. The number of ether oxygens (including phenoxy) is 1. The van der Waals surface area contributed by atoms with E-state index in [2.05, 4.69) is 20.3 Å². The Kier molecular flexibility index (Phi) is 5.80. The van der Waals surface area contributed by atoms with Crippen LogP contribution in [0.4, 0.5) is 9.18 Å². The number of rotatable bonds is 3. The molecule has 0 bridgehead atoms. The van der Waals surface area contributed by atoms with Crippen molar-refractivity contribution < 1.29 is 13.9 Å². The van der Waals surface area contributed by atoms with E-state index >= 15 is 0 Å². The number of hydrogen-bond acceptors (Lipinski definition) is 5. The normalized spacial score (nSPS) is 12.4. The topological polar surface area (TPSA) is 114 Å². The Morgan fingerprint density at radius 2 is 2.25 bits per heavy atom. The molecule has 0 saturated carbocycles. The van der Waals surface area contributed by atoms with Gasteiger partial charge in [0.25, 0.3) is 0 Å². The average Bonchev–Trinajstić information content (AvgIpc) is 3.40. The summed E-state index contributed by atoms with van der Waals surface area (Å²) in [7, 11) is 1.54. The molecule has 4 rings (SSSR count). The molecule has 3 N–H and O–H groups in total. The molecule has 0 fully saturated rings. The van der Waals surface area contributed by atoms with Gasteiger partial charge >= 0.3 is 6.03 Å². The summed E-state index contributed by atoms with van der Waals surface area (Å²) < 4.78 is 20.3. The second-order valence-corrected chi connectivity index (χ2v) is 5.57. The van der Waals surface area contributed by atoms with Gasteiger partial charge in [-0.1, -0.05) is 0 Å². The van der Waals surface area contributed by atoms with Crippen molar-refractivity contribution in [2.24, 2.45) is 10.7 Å². The van der Waals surface area contributed by atoms with Crippen molar-refractivity contribution in [2.75, 3.05) is 13.7 Å². The summed E-state index contributed by atoms with van der Waals surface area (Å²) in [4.78, 5) is 15.4. The molecule has 1 aromatic carbocycles. The monoisotopic (exact) mass is 383 g/mol. The van der Waals surface area contributed by atoms with Crippen LogP contribution >= 0.6 is 0 Å². The molecule has 0 spiro atoms. The lowest BCUT2D eigenvalue weighted by molar-refractivity contribution is 0.233. The van der Waals surface area contributed by atoms with E-state index in [0.29, 0.717) is 23.6 Å². The molecule has 1 aliphatic heterocycles. The van der Waals surface area contributed by atoms with Crippen molar-refractivity contribution in [3.63, 3.8) is 0 Å². The number of nitrogens with zero attached hydrogens (tertiary/aromatic N) is 5. The summed E-state index contributed by atoms with van der Waals surface area (Å²) in [5, 5.41) is 11.0. The fraction of sp³-hybridized carbons (Fsp3) is 0.111. The first-order chi connectivity index (χ1) is 13.6. The molecule has 0 saturated heterocycles. The first kappa shape index (κ1) is 18.8. The number of H-pyrrole nitrogens is 1. The minimum absolute atomic E-state index is 0.336. The van der Waals surface area contributed by atoms with Crippen molar-refractivity contribution in [3.05, 3.63) is 60.9 Å². The van der Waals surface area contributed by atoms with Crippen molar-refractivity contribution in [2.45, 2.75) is 0 Å². The zero-order valence-corrected chi connectivity index (χ0v) is 15.0. The van der Waals surface area contributed by atoms with Gasteiger partial charge in [-0.2, -0.15) is 10.2 Å². The summed E-state index contributed by atoms with van der Waals surface area (Å²) in [5.74, 6) is 0.232. The Bertz CT molecular complexity index is 995. The van der Waals surface area contributed by atoms with E-state index in [1.54, 1.807) is 54.8 Å². The van der Waals surface area contributed by atoms with Crippen molar-refractivity contribution in [1.82, 2.24) is 24.9 Å². The predicted molar refractivity (Wildman–Crippen MR) is 102 cm³/mol. The number of benzene rings is 1. The SMILES string of the molecule is COc1ccc(F)cc1-c1[nH]ncc1-n1cccn1.NC(=O)N1C=NC=CC1. The van der Waals surface area contributed by atoms with Crippen LogP contribution in [0.1, 0.15) is 0 Å². The van der Waals surface area contributed by atoms with E-state index in [0.717, 1.165) is 5.69 Å². The van der Waals surface area contributed by atoms with Crippen LogP contribution in [0.5, 0.6) is 5.75 Å². The first-order valence-electron chi connectivity index (χ1n) is 8.22. The van der Waals surface area contributed by atoms with Crippen LogP contribution in [0.3, 0.4) is 0 Å². The van der Waals surface area contributed by atoms with Crippen LogP contribution in [-0.2, 0) is 0 Å². The summed E-state index contributed by atoms with van der Waals surface area (Å²) >= 11 is 0. The minimum atomic E-state index is -0.469. The van der Waals surface area contributed by atoms with Gasteiger partial charge < -0.3 is 10.5 Å². The zero-order chi connectivity index (χ0) is 19.9. The van der Waals surface area contributed by atoms with Crippen LogP contribution < -0.4 is 10.5 Å². The average molecular weight is 383 g/mol. The van der Waals surface area contributed by atoms with Gasteiger partial charge in [-0.15, -0.1) is 0 Å². The maximum absolute atomic E-state index is 13.4. The zero-order valence-electron chi connectivity index (χ0n) is 15.0. The summed E-state index contributed by atoms with van der Waals surface area (Å²) in [6, 6.07) is 5.67. The number of primary amides is 1. The highest BCUT2D eigenvalue weighted by Crippen LogP contribution is 2.32. The molecule has 3 heterocycles. The van der Waals surface area contributed by atoms with Crippen LogP contribution in [0.25, 0.3) is 16.9 Å². The molecular formula is C18H18FN7O2. The third-order valence-electron chi connectivity index (χ3n) is 3.78. The Morgan fingerprint density at radius 1 is 1.39 bits per heavy atom. The van der Waals surface area contributed by atoms with Crippen LogP contribution in [0.2, 0.25) is 0 Å². The van der Waals surface area contributed by atoms with Gasteiger partial charge in [0.2, 0.25) is 0 Å². The number of urea groups is 1. The van der Waals surface area contributed by atoms with E-state index in [1.165, 1.54) is 23.4 Å². The number of carbonyl (C=O) groups is 1. The third kappa shape index (κ3) is 4.23. The first-order valence-corrected chi connectivity index (χ1v) is 8.22. The number of hydrogen-bond donors (Lipinski definition) is 2. The molecule has 0 aliphatic carbocycles. The highest BCUT2D eigenvalue weighted by Gasteiger charge is 2.15. The lowest BCUT2D eigenvalue weighted by atomic mass is 10.1. The van der Waals surface area contributed by atoms with Gasteiger partial charge in [0.15, 0.2) is 0 Å². The molecule has 10 heteroatoms. The number of halogens is 1. The molecule has 0 atom stereocenters. The number of nitrogens with two attached hydrogens (primary N) is 1. The number of carbonyl (C=O) groups excluding carboxylic acids is 1. The van der Waals surface area contributed by atoms with E-state index in [1.807, 2.05) is 0 Å². The standard InChI is InChI=1S/C13H11FN4O.C5H7N3O/c1-19-12-4-3-9(14)7-10(12)13-11(8-15-17-13)18-6-2-5-16-18;6-5(9)8-3-1-2-7-4-8/h2-8H,1H3,(H,15,17);1-2,4H,3H2,(H2,6,9). The van der Waals surface area contributed by atoms with Gasteiger partial charge in [0.05, 0.1) is 25.3 Å². The molecular weight excluding hydrogens is 365 g/mol. The summed E-state index contributed by atoms with van der Waals surface area (Å²) in [5.41, 5.74) is 6.91. The van der Waals surface area contributed by atoms with Crippen LogP contribution in [0, 0.1) is 5.82 Å². The molecule has 0 radical (unpaired) electrons. The second-order valence-electron chi connectivity index (χ2n) is 5.57. The van der Waals surface area contributed by atoms with Crippen molar-refractivity contribution >= 4 is 12.4 Å². The molecule has 144 valence electrons. The van der Waals surface area contributed by atoms with E-state index in [-0.39, 0.29) is 5.82 Å². The van der Waals surface area contributed by atoms with Gasteiger partial charge in [-0.3, -0.25) is 10.00 Å². The maximum atomic E-state index is 13.4. The van der Waals surface area contributed by atoms with Crippen molar-refractivity contribution in [1.29, 1.82) is 0 Å². The molecule has 1 aliphatic rings. The van der Waals surface area contributed by atoms with Gasteiger partial charge in [0.1, 0.15) is 17.3 Å². The Labute approximate surface area is 159 Å². The fourth-order valence-electron chi connectivity index (χ4n) is 2.47. The summed E-state index contributed by atoms with van der Waals surface area (Å²) in [6.45, 7) is 0.527. The Balaban J connectivity index is 0.000000211. The predicted octanol–water partition coefficient (Wildman–Crippen LogP) is 2.33. The highest BCUT2D eigenvalue weighted by molar-refractivity contribution is 5.85. The number of aromatic nitrogens is 4. The molecule has 2 aromatic heterocycles. The smallest absolute Gasteiger partial charge is 0.320 e. The van der Waals surface area contributed by atoms with Crippen molar-refractivity contribution in [3.8, 4) is 22.7 Å². The number of methoxy groups -OCH3 is 1. The second kappa shape index (κ2) is 8.62. The maximum Gasteiger partial charge on any atom is 0.320 e. The highest BCUT2D eigenvalue weighted by atomic mass is 19.1. The van der Waals surface area contributed by atoms with Crippen LogP contribution in [0.15, 0.2) is 60.1 Å². The molecule has 3 aromatic rings. The summed E-state index contributed by atoms with van der Waals surface area (Å²) in [6.07, 6.45) is 9.87. The lowest BCUT2D eigenvalue weighted by Crippen LogP contribution is -2.35. The van der Waals surface area contributed by atoms with E-state index in [9.17, 15) is 9.18 Å². The third-order valence-corrected chi connectivity index (χ3v) is 3.78. The molecule has 2 amide bonds.